The van der Waals surface area contributed by atoms with Crippen molar-refractivity contribution in [1.29, 1.82) is 0 Å². The van der Waals surface area contributed by atoms with Crippen molar-refractivity contribution < 1.29 is 9.90 Å². The van der Waals surface area contributed by atoms with Gasteiger partial charge < -0.3 is 9.67 Å². The van der Waals surface area contributed by atoms with Gasteiger partial charge in [0.15, 0.2) is 0 Å². The number of aromatic nitrogens is 1. The summed E-state index contributed by atoms with van der Waals surface area (Å²) in [6.45, 7) is 8.04. The fraction of sp³-hybridized carbons (Fsp3) is 0.118. The Hall–Kier alpha value is -2.73. The van der Waals surface area contributed by atoms with Gasteiger partial charge in [-0.2, -0.15) is 0 Å². The van der Waals surface area contributed by atoms with Crippen molar-refractivity contribution >= 4 is 39.9 Å². The summed E-state index contributed by atoms with van der Waals surface area (Å²) in [6.07, 6.45) is 3.27. The minimum Gasteiger partial charge on any atom is -0.494 e. The lowest BCUT2D eigenvalue weighted by atomic mass is 10.1. The summed E-state index contributed by atoms with van der Waals surface area (Å²) >= 11 is 5.15. The highest BCUT2D eigenvalue weighted by Crippen LogP contribution is 2.33. The first-order valence-electron chi connectivity index (χ1n) is 7.07. The number of aromatic hydroxyl groups is 1. The van der Waals surface area contributed by atoms with Gasteiger partial charge in [-0.3, -0.25) is 9.69 Å². The molecule has 116 valence electrons. The van der Waals surface area contributed by atoms with Crippen LogP contribution in [0, 0.1) is 0 Å². The average molecular weight is 325 g/mol. The van der Waals surface area contributed by atoms with Gasteiger partial charge in [0.1, 0.15) is 5.71 Å². The lowest BCUT2D eigenvalue weighted by Crippen LogP contribution is -2.32. The van der Waals surface area contributed by atoms with E-state index < -0.39 is 0 Å². The number of nitrogens with zero attached hydrogens (tertiary/aromatic N) is 3. The zero-order valence-electron chi connectivity index (χ0n) is 12.4. The summed E-state index contributed by atoms with van der Waals surface area (Å²) in [4.78, 5) is 18.1. The molecule has 0 radical (unpaired) electrons. The molecule has 0 bridgehead atoms. The fourth-order valence-electron chi connectivity index (χ4n) is 2.71. The molecule has 0 saturated carbocycles. The zero-order chi connectivity index (χ0) is 16.6. The number of carbonyl (C=O) groups excluding carboxylic acids is 1. The maximum atomic E-state index is 12.6. The highest BCUT2D eigenvalue weighted by Gasteiger charge is 2.34. The third-order valence-electron chi connectivity index (χ3n) is 3.69. The first-order chi connectivity index (χ1) is 11.1. The molecule has 1 N–H and O–H groups in total. The van der Waals surface area contributed by atoms with Gasteiger partial charge in [0.25, 0.3) is 5.91 Å². The predicted octanol–water partition coefficient (Wildman–Crippen LogP) is 2.64. The molecular weight excluding hydrogens is 310 g/mol. The van der Waals surface area contributed by atoms with E-state index in [9.17, 15) is 9.90 Å². The molecule has 0 atom stereocenters. The van der Waals surface area contributed by atoms with Crippen LogP contribution in [0.1, 0.15) is 5.56 Å². The number of carbonyl (C=O) groups is 1. The number of rotatable bonds is 5. The highest BCUT2D eigenvalue weighted by atomic mass is 32.1. The van der Waals surface area contributed by atoms with Crippen molar-refractivity contribution in [2.45, 2.75) is 6.54 Å². The topological polar surface area (TPSA) is 57.8 Å². The number of fused-ring (bicyclic) bond motifs is 1. The summed E-state index contributed by atoms with van der Waals surface area (Å²) < 4.78 is 1.69. The molecule has 2 heterocycles. The maximum Gasteiger partial charge on any atom is 0.279 e. The van der Waals surface area contributed by atoms with Crippen molar-refractivity contribution in [2.24, 2.45) is 4.99 Å². The first-order valence-corrected chi connectivity index (χ1v) is 7.47. The van der Waals surface area contributed by atoms with Crippen LogP contribution in [0.2, 0.25) is 0 Å². The molecular formula is C17H15N3O2S. The van der Waals surface area contributed by atoms with Gasteiger partial charge in [0.05, 0.1) is 11.1 Å². The number of allylic oxidation sites excluding steroid dienone is 1. The van der Waals surface area contributed by atoms with E-state index in [4.69, 9.17) is 12.2 Å². The van der Waals surface area contributed by atoms with E-state index in [1.807, 2.05) is 24.3 Å². The number of hydrogen-bond acceptors (Lipinski definition) is 3. The number of thiocarbonyl (C=S) groups is 1. The van der Waals surface area contributed by atoms with Crippen LogP contribution in [0.4, 0.5) is 0 Å². The largest absolute Gasteiger partial charge is 0.494 e. The highest BCUT2D eigenvalue weighted by molar-refractivity contribution is 7.80. The van der Waals surface area contributed by atoms with Crippen LogP contribution in [0.25, 0.3) is 10.9 Å². The molecule has 0 unspecified atom stereocenters. The standard InChI is InChI=1S/C17H15N3O2S/c1-3-9-19-12-8-6-5-7-11(12)13(15(19)21)14-16(22)20(10-4-2)17(23)18-14/h3-8,21H,1-2,9-10H2. The smallest absolute Gasteiger partial charge is 0.279 e. The third kappa shape index (κ3) is 2.27. The Labute approximate surface area is 138 Å². The van der Waals surface area contributed by atoms with E-state index in [-0.39, 0.29) is 29.2 Å². The second kappa shape index (κ2) is 5.81. The second-order valence-electron chi connectivity index (χ2n) is 5.06. The van der Waals surface area contributed by atoms with Crippen molar-refractivity contribution in [3.8, 4) is 5.88 Å². The molecule has 1 aliphatic heterocycles. The molecule has 2 aromatic rings. The Morgan fingerprint density at radius 2 is 1.91 bits per heavy atom. The monoisotopic (exact) mass is 325 g/mol. The molecule has 1 aliphatic rings. The zero-order valence-corrected chi connectivity index (χ0v) is 13.2. The normalized spacial score (nSPS) is 14.4. The van der Waals surface area contributed by atoms with Gasteiger partial charge in [-0.15, -0.1) is 13.2 Å². The van der Waals surface area contributed by atoms with E-state index in [0.29, 0.717) is 12.1 Å². The van der Waals surface area contributed by atoms with Crippen LogP contribution < -0.4 is 0 Å². The summed E-state index contributed by atoms with van der Waals surface area (Å²) in [7, 11) is 0. The lowest BCUT2D eigenvalue weighted by Gasteiger charge is -2.11. The molecule has 0 fully saturated rings. The van der Waals surface area contributed by atoms with Crippen molar-refractivity contribution in [2.75, 3.05) is 6.54 Å². The molecule has 3 rings (SSSR count). The van der Waals surface area contributed by atoms with Crippen molar-refractivity contribution in [3.05, 3.63) is 55.1 Å². The van der Waals surface area contributed by atoms with Gasteiger partial charge in [0.2, 0.25) is 11.0 Å². The number of aliphatic imine (C=N–C) groups is 1. The lowest BCUT2D eigenvalue weighted by molar-refractivity contribution is -0.119. The van der Waals surface area contributed by atoms with Crippen molar-refractivity contribution in [3.63, 3.8) is 0 Å². The number of hydrogen-bond donors (Lipinski definition) is 1. The number of benzene rings is 1. The summed E-state index contributed by atoms with van der Waals surface area (Å²) in [5, 5.41) is 11.6. The van der Waals surface area contributed by atoms with E-state index in [1.54, 1.807) is 16.7 Å². The number of para-hydroxylation sites is 1. The number of amides is 1. The van der Waals surface area contributed by atoms with Crippen LogP contribution >= 0.6 is 12.2 Å². The quantitative estimate of drug-likeness (QED) is 0.679. The molecule has 6 heteroatoms. The van der Waals surface area contributed by atoms with E-state index in [0.717, 1.165) is 10.9 Å². The summed E-state index contributed by atoms with van der Waals surface area (Å²) in [5.41, 5.74) is 1.37. The molecule has 1 amide bonds. The van der Waals surface area contributed by atoms with Gasteiger partial charge in [0, 0.05) is 18.5 Å². The Kier molecular flexibility index (Phi) is 3.83. The van der Waals surface area contributed by atoms with E-state index in [2.05, 4.69) is 18.2 Å². The minimum absolute atomic E-state index is 0.0125. The molecule has 0 saturated heterocycles. The molecule has 5 nitrogen and oxygen atoms in total. The Morgan fingerprint density at radius 1 is 1.22 bits per heavy atom. The van der Waals surface area contributed by atoms with Gasteiger partial charge in [-0.25, -0.2) is 4.99 Å². The Morgan fingerprint density at radius 3 is 2.61 bits per heavy atom. The van der Waals surface area contributed by atoms with Gasteiger partial charge >= 0.3 is 0 Å². The third-order valence-corrected chi connectivity index (χ3v) is 4.00. The molecule has 1 aromatic heterocycles. The van der Waals surface area contributed by atoms with Crippen LogP contribution in [0.15, 0.2) is 54.6 Å². The SMILES string of the molecule is C=CCN1C(=O)C(c2c(O)n(CC=C)c3ccccc23)=NC1=S. The predicted molar refractivity (Wildman–Crippen MR) is 94.8 cm³/mol. The van der Waals surface area contributed by atoms with Crippen LogP contribution in [0.5, 0.6) is 5.88 Å². The average Bonchev–Trinajstić information content (AvgIpc) is 2.97. The second-order valence-corrected chi connectivity index (χ2v) is 5.43. The summed E-state index contributed by atoms with van der Waals surface area (Å²) in [5.74, 6) is -0.340. The minimum atomic E-state index is -0.327. The molecule has 23 heavy (non-hydrogen) atoms. The van der Waals surface area contributed by atoms with E-state index >= 15 is 0 Å². The van der Waals surface area contributed by atoms with E-state index in [1.165, 1.54) is 4.90 Å². The fourth-order valence-corrected chi connectivity index (χ4v) is 2.96. The van der Waals surface area contributed by atoms with Crippen LogP contribution in [-0.2, 0) is 11.3 Å². The Bertz CT molecular complexity index is 879. The molecule has 0 spiro atoms. The molecule has 1 aromatic carbocycles. The van der Waals surface area contributed by atoms with Gasteiger partial charge in [-0.1, -0.05) is 30.4 Å². The molecule has 0 aliphatic carbocycles. The van der Waals surface area contributed by atoms with Gasteiger partial charge in [-0.05, 0) is 18.3 Å². The maximum absolute atomic E-state index is 12.6. The van der Waals surface area contributed by atoms with Crippen molar-refractivity contribution in [1.82, 2.24) is 9.47 Å². The van der Waals surface area contributed by atoms with Crippen LogP contribution in [-0.4, -0.2) is 37.8 Å². The Balaban J connectivity index is 2.21. The summed E-state index contributed by atoms with van der Waals surface area (Å²) in [6, 6.07) is 7.45. The van der Waals surface area contributed by atoms with Crippen LogP contribution in [0.3, 0.4) is 0 Å². The first kappa shape index (κ1) is 15.2.